The predicted molar refractivity (Wildman–Crippen MR) is 168 cm³/mol. The number of hydrogen-bond acceptors (Lipinski definition) is 4. The molecule has 5 aromatic rings. The molecule has 0 spiro atoms. The molecule has 0 saturated carbocycles. The Morgan fingerprint density at radius 1 is 0.825 bits per heavy atom. The smallest absolute Gasteiger partial charge is 0.290 e. The molecule has 0 radical (unpaired) electrons. The third kappa shape index (κ3) is 4.91. The molecule has 0 N–H and O–H groups in total. The molecule has 6 rings (SSSR count). The zero-order chi connectivity index (χ0) is 28.0. The normalized spacial score (nSPS) is 14.6. The Bertz CT molecular complexity index is 1890. The standard InChI is InChI=1S/C32H26Br2N4O2/c1-36-30-28(31(39)37(2)32(36)40)27(22-10-14-25(34)15-11-22)26-19-38(17-21-6-4-3-5-7-21)18-23(29(26)35-30)16-20-8-12-24(33)13-9-20/h3-16H,17-19H2,1-2H3/b23-16+. The van der Waals surface area contributed by atoms with Crippen molar-refractivity contribution in [2.45, 2.75) is 13.1 Å². The molecule has 0 fully saturated rings. The average Bonchev–Trinajstić information content (AvgIpc) is 2.96. The first-order valence-corrected chi connectivity index (χ1v) is 14.5. The summed E-state index contributed by atoms with van der Waals surface area (Å²) in [6.07, 6.45) is 2.16. The summed E-state index contributed by atoms with van der Waals surface area (Å²) in [6, 6.07) is 26.5. The second-order valence-corrected chi connectivity index (χ2v) is 11.9. The number of rotatable bonds is 4. The van der Waals surface area contributed by atoms with Crippen molar-refractivity contribution in [2.75, 3.05) is 6.54 Å². The van der Waals surface area contributed by atoms with Crippen LogP contribution < -0.4 is 11.2 Å². The Kier molecular flexibility index (Phi) is 7.16. The van der Waals surface area contributed by atoms with Gasteiger partial charge in [-0.05, 0) is 52.6 Å². The molecule has 200 valence electrons. The minimum absolute atomic E-state index is 0.343. The highest BCUT2D eigenvalue weighted by Crippen LogP contribution is 2.39. The summed E-state index contributed by atoms with van der Waals surface area (Å²) in [7, 11) is 3.20. The number of nitrogens with zero attached hydrogens (tertiary/aromatic N) is 4. The van der Waals surface area contributed by atoms with Gasteiger partial charge < -0.3 is 0 Å². The van der Waals surface area contributed by atoms with E-state index < -0.39 is 5.69 Å². The van der Waals surface area contributed by atoms with Gasteiger partial charge in [0, 0.05) is 53.8 Å². The van der Waals surface area contributed by atoms with Crippen LogP contribution in [0.4, 0.5) is 0 Å². The van der Waals surface area contributed by atoms with Gasteiger partial charge in [-0.1, -0.05) is 86.5 Å². The first-order valence-electron chi connectivity index (χ1n) is 12.9. The zero-order valence-electron chi connectivity index (χ0n) is 22.1. The van der Waals surface area contributed by atoms with Crippen molar-refractivity contribution in [3.8, 4) is 11.1 Å². The SMILES string of the molecule is Cn1c(=O)c2c(-c3ccc(Br)cc3)c3c(nc2n(C)c1=O)/C(=C/c1ccc(Br)cc1)CN(Cc1ccccc1)C3. The highest BCUT2D eigenvalue weighted by molar-refractivity contribution is 9.10. The summed E-state index contributed by atoms with van der Waals surface area (Å²) in [5.74, 6) is 0. The van der Waals surface area contributed by atoms with E-state index >= 15 is 0 Å². The highest BCUT2D eigenvalue weighted by atomic mass is 79.9. The predicted octanol–water partition coefficient (Wildman–Crippen LogP) is 6.38. The maximum absolute atomic E-state index is 13.7. The Morgan fingerprint density at radius 2 is 1.48 bits per heavy atom. The average molecular weight is 658 g/mol. The van der Waals surface area contributed by atoms with E-state index in [9.17, 15) is 9.59 Å². The molecule has 1 aliphatic heterocycles. The number of halogens is 2. The molecule has 3 aromatic carbocycles. The Hall–Kier alpha value is -3.59. The van der Waals surface area contributed by atoms with E-state index in [1.165, 1.54) is 21.7 Å². The van der Waals surface area contributed by atoms with Crippen LogP contribution in [-0.4, -0.2) is 25.6 Å². The van der Waals surface area contributed by atoms with Crippen LogP contribution in [0.25, 0.3) is 33.8 Å². The van der Waals surface area contributed by atoms with E-state index in [4.69, 9.17) is 4.98 Å². The summed E-state index contributed by atoms with van der Waals surface area (Å²) < 4.78 is 4.61. The minimum atomic E-state index is -0.397. The fourth-order valence-corrected chi connectivity index (χ4v) is 5.93. The Morgan fingerprint density at radius 3 is 2.15 bits per heavy atom. The van der Waals surface area contributed by atoms with Crippen LogP contribution >= 0.6 is 31.9 Å². The summed E-state index contributed by atoms with van der Waals surface area (Å²) in [4.78, 5) is 34.1. The van der Waals surface area contributed by atoms with Crippen LogP contribution in [0.15, 0.2) is 97.4 Å². The fraction of sp³-hybridized carbons (Fsp3) is 0.156. The highest BCUT2D eigenvalue weighted by Gasteiger charge is 2.29. The first-order chi connectivity index (χ1) is 19.3. The van der Waals surface area contributed by atoms with E-state index in [1.807, 2.05) is 42.5 Å². The lowest BCUT2D eigenvalue weighted by Crippen LogP contribution is -2.38. The van der Waals surface area contributed by atoms with Crippen LogP contribution in [0, 0.1) is 0 Å². The number of benzene rings is 3. The monoisotopic (exact) mass is 656 g/mol. The molecule has 8 heteroatoms. The molecule has 0 saturated heterocycles. The molecule has 0 atom stereocenters. The number of hydrogen-bond donors (Lipinski definition) is 0. The molecule has 0 amide bonds. The third-order valence-electron chi connectivity index (χ3n) is 7.36. The molecule has 40 heavy (non-hydrogen) atoms. The van der Waals surface area contributed by atoms with E-state index in [0.717, 1.165) is 49.0 Å². The van der Waals surface area contributed by atoms with Crippen molar-refractivity contribution in [1.82, 2.24) is 19.0 Å². The van der Waals surface area contributed by atoms with E-state index in [-0.39, 0.29) is 5.56 Å². The lowest BCUT2D eigenvalue weighted by molar-refractivity contribution is 0.283. The second kappa shape index (κ2) is 10.8. The maximum atomic E-state index is 13.7. The van der Waals surface area contributed by atoms with Crippen LogP contribution in [0.1, 0.15) is 22.4 Å². The molecule has 0 bridgehead atoms. The molecular weight excluding hydrogens is 632 g/mol. The van der Waals surface area contributed by atoms with Crippen LogP contribution in [-0.2, 0) is 27.2 Å². The second-order valence-electron chi connectivity index (χ2n) is 10.1. The van der Waals surface area contributed by atoms with Crippen molar-refractivity contribution in [3.05, 3.63) is 131 Å². The summed E-state index contributed by atoms with van der Waals surface area (Å²) >= 11 is 7.07. The summed E-state index contributed by atoms with van der Waals surface area (Å²) in [6.45, 7) is 2.04. The molecule has 2 aromatic heterocycles. The third-order valence-corrected chi connectivity index (χ3v) is 8.42. The Balaban J connectivity index is 1.67. The van der Waals surface area contributed by atoms with Gasteiger partial charge in [-0.2, -0.15) is 0 Å². The van der Waals surface area contributed by atoms with Gasteiger partial charge in [-0.15, -0.1) is 0 Å². The Labute approximate surface area is 248 Å². The van der Waals surface area contributed by atoms with Crippen molar-refractivity contribution in [2.24, 2.45) is 14.1 Å². The van der Waals surface area contributed by atoms with E-state index in [2.05, 4.69) is 79.2 Å². The van der Waals surface area contributed by atoms with Crippen molar-refractivity contribution in [3.63, 3.8) is 0 Å². The number of fused-ring (bicyclic) bond motifs is 2. The summed E-state index contributed by atoms with van der Waals surface area (Å²) in [5, 5.41) is 0.454. The number of aromatic nitrogens is 3. The lowest BCUT2D eigenvalue weighted by Gasteiger charge is -2.32. The van der Waals surface area contributed by atoms with Gasteiger partial charge in [0.1, 0.15) is 0 Å². The van der Waals surface area contributed by atoms with E-state index in [0.29, 0.717) is 24.1 Å². The van der Waals surface area contributed by atoms with Crippen molar-refractivity contribution in [1.29, 1.82) is 0 Å². The lowest BCUT2D eigenvalue weighted by atomic mass is 9.89. The van der Waals surface area contributed by atoms with Gasteiger partial charge >= 0.3 is 5.69 Å². The zero-order valence-corrected chi connectivity index (χ0v) is 25.2. The summed E-state index contributed by atoms with van der Waals surface area (Å²) in [5.41, 5.74) is 6.49. The molecule has 3 heterocycles. The topological polar surface area (TPSA) is 60.1 Å². The molecule has 0 aliphatic carbocycles. The minimum Gasteiger partial charge on any atom is -0.290 e. The van der Waals surface area contributed by atoms with E-state index in [1.54, 1.807) is 7.05 Å². The fourth-order valence-electron chi connectivity index (χ4n) is 5.40. The molecule has 6 nitrogen and oxygen atoms in total. The van der Waals surface area contributed by atoms with Gasteiger partial charge in [0.2, 0.25) is 0 Å². The van der Waals surface area contributed by atoms with Crippen molar-refractivity contribution < 1.29 is 0 Å². The van der Waals surface area contributed by atoms with Gasteiger partial charge in [-0.3, -0.25) is 18.8 Å². The largest absolute Gasteiger partial charge is 0.332 e. The van der Waals surface area contributed by atoms with Gasteiger partial charge in [0.25, 0.3) is 5.56 Å². The van der Waals surface area contributed by atoms with Crippen LogP contribution in [0.2, 0.25) is 0 Å². The van der Waals surface area contributed by atoms with Crippen molar-refractivity contribution >= 4 is 54.5 Å². The molecule has 0 unspecified atom stereocenters. The maximum Gasteiger partial charge on any atom is 0.332 e. The number of aryl methyl sites for hydroxylation is 1. The van der Waals surface area contributed by atoms with Gasteiger partial charge in [0.15, 0.2) is 5.65 Å². The molecule has 1 aliphatic rings. The van der Waals surface area contributed by atoms with Gasteiger partial charge in [0.05, 0.1) is 11.1 Å². The first kappa shape index (κ1) is 26.6. The van der Waals surface area contributed by atoms with Crippen LogP contribution in [0.3, 0.4) is 0 Å². The van der Waals surface area contributed by atoms with Crippen LogP contribution in [0.5, 0.6) is 0 Å². The van der Waals surface area contributed by atoms with Gasteiger partial charge in [-0.25, -0.2) is 9.78 Å². The molecular formula is C32H26Br2N4O2. The number of pyridine rings is 1. The quantitative estimate of drug-likeness (QED) is 0.225.